The van der Waals surface area contributed by atoms with E-state index in [0.29, 0.717) is 24.3 Å². The third kappa shape index (κ3) is 11.4. The summed E-state index contributed by atoms with van der Waals surface area (Å²) in [6.45, 7) is 20.1. The molecule has 2 N–H and O–H groups in total. The molecule has 0 bridgehead atoms. The highest BCUT2D eigenvalue weighted by Gasteiger charge is 2.49. The fourth-order valence-corrected chi connectivity index (χ4v) is 9.70. The van der Waals surface area contributed by atoms with Gasteiger partial charge in [-0.2, -0.15) is 0 Å². The van der Waals surface area contributed by atoms with Crippen LogP contribution in [0.1, 0.15) is 152 Å². The van der Waals surface area contributed by atoms with Crippen LogP contribution >= 0.6 is 0 Å². The highest BCUT2D eigenvalue weighted by Crippen LogP contribution is 2.59. The second-order valence-electron chi connectivity index (χ2n) is 15.0. The zero-order valence-corrected chi connectivity index (χ0v) is 29.7. The lowest BCUT2D eigenvalue weighted by Crippen LogP contribution is -2.40. The molecule has 0 aliphatic heterocycles. The lowest BCUT2D eigenvalue weighted by Gasteiger charge is -2.43. The number of sulfonamides is 1. The molecule has 0 aromatic rings. The van der Waals surface area contributed by atoms with Crippen molar-refractivity contribution in [3.8, 4) is 12.8 Å². The minimum Gasteiger partial charge on any atom is -0.393 e. The molecule has 5 atom stereocenters. The van der Waals surface area contributed by atoms with Gasteiger partial charge in [0.05, 0.1) is 11.4 Å². The molecule has 3 fully saturated rings. The van der Waals surface area contributed by atoms with Crippen molar-refractivity contribution >= 4 is 10.0 Å². The van der Waals surface area contributed by atoms with Crippen molar-refractivity contribution in [2.45, 2.75) is 164 Å². The summed E-state index contributed by atoms with van der Waals surface area (Å²) in [5.41, 5.74) is 3.61. The monoisotopic (exact) mass is 605 g/mol. The Balaban J connectivity index is 0.00000211. The Morgan fingerprint density at radius 3 is 2.33 bits per heavy atom. The normalized spacial score (nSPS) is 29.2. The first kappa shape index (κ1) is 38.9. The summed E-state index contributed by atoms with van der Waals surface area (Å²) >= 11 is 0. The van der Waals surface area contributed by atoms with E-state index in [4.69, 9.17) is 0 Å². The Labute approximate surface area is 262 Å². The standard InChI is InChI=1S/C33H59NO3S.C2H6.C2H2/c1-8-11-25(2)38(36,37)34-24-32(5,6)23-31(3,4)21-19-28-17-18-30-27(13-10-20-33(28,30)7)16-15-26-12-9-14-29(35)22-26;2*1-2/h15-16,25,28-30,34-35H,8-14,17-24H2,1-7H3;1-2H3;1-2H/b26-15-,27-16+;;/t25?,28-,29+,30?,33-;;/m1../s1. The summed E-state index contributed by atoms with van der Waals surface area (Å²) in [5.74, 6) is 1.49. The smallest absolute Gasteiger partial charge is 0.214 e. The topological polar surface area (TPSA) is 66.4 Å². The van der Waals surface area contributed by atoms with Crippen molar-refractivity contribution in [3.05, 3.63) is 23.3 Å². The Hall–Kier alpha value is -1.09. The maximum atomic E-state index is 12.6. The van der Waals surface area contributed by atoms with Crippen molar-refractivity contribution < 1.29 is 13.5 Å². The number of hydrogen-bond donors (Lipinski definition) is 2. The van der Waals surface area contributed by atoms with E-state index < -0.39 is 10.0 Å². The predicted molar refractivity (Wildman–Crippen MR) is 183 cm³/mol. The fraction of sp³-hybridized carbons (Fsp3) is 0.838. The van der Waals surface area contributed by atoms with Crippen LogP contribution in [0.25, 0.3) is 0 Å². The molecular formula is C37H67NO3S. The van der Waals surface area contributed by atoms with Gasteiger partial charge in [0, 0.05) is 6.54 Å². The summed E-state index contributed by atoms with van der Waals surface area (Å²) in [6.07, 6.45) is 28.4. The third-order valence-corrected chi connectivity index (χ3v) is 12.2. The van der Waals surface area contributed by atoms with Gasteiger partial charge in [0.1, 0.15) is 0 Å². The van der Waals surface area contributed by atoms with Crippen LogP contribution in [0.3, 0.4) is 0 Å². The highest BCUT2D eigenvalue weighted by atomic mass is 32.2. The summed E-state index contributed by atoms with van der Waals surface area (Å²) in [5, 5.41) is 9.73. The van der Waals surface area contributed by atoms with Crippen LogP contribution < -0.4 is 4.72 Å². The Morgan fingerprint density at radius 1 is 1.05 bits per heavy atom. The molecular weight excluding hydrogens is 538 g/mol. The molecule has 3 saturated carbocycles. The van der Waals surface area contributed by atoms with Crippen molar-refractivity contribution in [1.29, 1.82) is 0 Å². The lowest BCUT2D eigenvalue weighted by atomic mass is 9.61. The van der Waals surface area contributed by atoms with Gasteiger partial charge < -0.3 is 5.11 Å². The van der Waals surface area contributed by atoms with E-state index >= 15 is 0 Å². The minimum absolute atomic E-state index is 0.0778. The van der Waals surface area contributed by atoms with E-state index in [1.165, 1.54) is 50.5 Å². The first-order chi connectivity index (χ1) is 19.7. The Bertz CT molecular complexity index is 990. The van der Waals surface area contributed by atoms with Gasteiger partial charge in [0.25, 0.3) is 0 Å². The minimum atomic E-state index is -3.25. The zero-order chi connectivity index (χ0) is 32.2. The third-order valence-electron chi connectivity index (χ3n) is 10.3. The average molecular weight is 606 g/mol. The number of hydrogen-bond acceptors (Lipinski definition) is 3. The maximum absolute atomic E-state index is 12.6. The van der Waals surface area contributed by atoms with Crippen LogP contribution in [-0.2, 0) is 10.0 Å². The van der Waals surface area contributed by atoms with Crippen LogP contribution in [0.15, 0.2) is 23.3 Å². The van der Waals surface area contributed by atoms with Gasteiger partial charge in [-0.3, -0.25) is 0 Å². The number of nitrogens with one attached hydrogen (secondary N) is 1. The number of allylic oxidation sites excluding steroid dienone is 3. The fourth-order valence-electron chi connectivity index (χ4n) is 8.28. The second-order valence-corrected chi connectivity index (χ2v) is 17.2. The van der Waals surface area contributed by atoms with Crippen LogP contribution in [-0.4, -0.2) is 31.4 Å². The molecule has 0 aromatic carbocycles. The first-order valence-corrected chi connectivity index (χ1v) is 18.6. The van der Waals surface area contributed by atoms with Gasteiger partial charge in [-0.1, -0.05) is 85.1 Å². The molecule has 0 heterocycles. The van der Waals surface area contributed by atoms with E-state index in [1.54, 1.807) is 5.57 Å². The molecule has 4 nitrogen and oxygen atoms in total. The van der Waals surface area contributed by atoms with E-state index in [1.807, 2.05) is 27.7 Å². The van der Waals surface area contributed by atoms with Crippen LogP contribution in [0.4, 0.5) is 0 Å². The molecule has 3 aliphatic rings. The van der Waals surface area contributed by atoms with Gasteiger partial charge in [-0.15, -0.1) is 12.8 Å². The predicted octanol–water partition coefficient (Wildman–Crippen LogP) is 9.60. The zero-order valence-electron chi connectivity index (χ0n) is 28.9. The van der Waals surface area contributed by atoms with E-state index in [-0.39, 0.29) is 22.2 Å². The van der Waals surface area contributed by atoms with E-state index in [9.17, 15) is 13.5 Å². The number of fused-ring (bicyclic) bond motifs is 1. The molecule has 0 saturated heterocycles. The van der Waals surface area contributed by atoms with Crippen LogP contribution in [0, 0.1) is 40.9 Å². The molecule has 42 heavy (non-hydrogen) atoms. The molecule has 3 rings (SSSR count). The summed E-state index contributed by atoms with van der Waals surface area (Å²) < 4.78 is 28.2. The van der Waals surface area contributed by atoms with Gasteiger partial charge >= 0.3 is 0 Å². The van der Waals surface area contributed by atoms with Crippen molar-refractivity contribution in [2.24, 2.45) is 28.1 Å². The number of rotatable bonds is 12. The Kier molecular flexibility index (Phi) is 16.1. The molecule has 5 heteroatoms. The van der Waals surface area contributed by atoms with Crippen molar-refractivity contribution in [2.75, 3.05) is 6.54 Å². The molecule has 0 amide bonds. The summed E-state index contributed by atoms with van der Waals surface area (Å²) in [7, 11) is -3.25. The van der Waals surface area contributed by atoms with Crippen molar-refractivity contribution in [1.82, 2.24) is 4.72 Å². The highest BCUT2D eigenvalue weighted by molar-refractivity contribution is 7.90. The maximum Gasteiger partial charge on any atom is 0.214 e. The van der Waals surface area contributed by atoms with Crippen LogP contribution in [0.2, 0.25) is 0 Å². The van der Waals surface area contributed by atoms with E-state index in [0.717, 1.165) is 44.4 Å². The van der Waals surface area contributed by atoms with Gasteiger partial charge in [0.15, 0.2) is 0 Å². The van der Waals surface area contributed by atoms with Gasteiger partial charge in [0.2, 0.25) is 10.0 Å². The van der Waals surface area contributed by atoms with Gasteiger partial charge in [-0.05, 0) is 118 Å². The summed E-state index contributed by atoms with van der Waals surface area (Å²) in [4.78, 5) is 0. The first-order valence-electron chi connectivity index (χ1n) is 17.1. The number of aliphatic hydroxyl groups excluding tert-OH is 1. The largest absolute Gasteiger partial charge is 0.393 e. The molecule has 2 unspecified atom stereocenters. The van der Waals surface area contributed by atoms with Gasteiger partial charge in [-0.25, -0.2) is 13.1 Å². The summed E-state index contributed by atoms with van der Waals surface area (Å²) in [6, 6.07) is 0. The molecule has 0 spiro atoms. The Morgan fingerprint density at radius 2 is 1.71 bits per heavy atom. The quantitative estimate of drug-likeness (QED) is 0.218. The number of aliphatic hydroxyl groups is 1. The van der Waals surface area contributed by atoms with Crippen LogP contribution in [0.5, 0.6) is 0 Å². The molecule has 0 aromatic heterocycles. The van der Waals surface area contributed by atoms with Crippen molar-refractivity contribution in [3.63, 3.8) is 0 Å². The molecule has 244 valence electrons. The average Bonchev–Trinajstić information content (AvgIpc) is 3.28. The molecule has 0 radical (unpaired) electrons. The molecule has 3 aliphatic carbocycles. The van der Waals surface area contributed by atoms with E-state index in [2.05, 4.69) is 64.3 Å². The second kappa shape index (κ2) is 17.4. The lowest BCUT2D eigenvalue weighted by molar-refractivity contribution is 0.106. The number of terminal acetylenes is 1. The SMILES string of the molecule is C#C.CC.CCCC(C)S(=O)(=O)NCC(C)(C)CC(C)(C)CC[C@H]1CCC2/C(=C/C=C3/CCC[C@H](O)C3)CCC[C@@]21C.